The lowest BCUT2D eigenvalue weighted by molar-refractivity contribution is -0.135. The van der Waals surface area contributed by atoms with Crippen LogP contribution in [0.3, 0.4) is 0 Å². The fourth-order valence-electron chi connectivity index (χ4n) is 2.29. The van der Waals surface area contributed by atoms with Gasteiger partial charge in [-0.1, -0.05) is 36.7 Å². The van der Waals surface area contributed by atoms with Crippen molar-refractivity contribution in [1.82, 2.24) is 4.90 Å². The second-order valence-corrected chi connectivity index (χ2v) is 6.08. The number of likely N-dealkylation sites (N-methyl/N-ethyl adjacent to an activating group) is 1. The third kappa shape index (κ3) is 5.46. The van der Waals surface area contributed by atoms with Crippen molar-refractivity contribution in [1.29, 1.82) is 0 Å². The summed E-state index contributed by atoms with van der Waals surface area (Å²) >= 11 is 5.84. The molecule has 0 fully saturated rings. The summed E-state index contributed by atoms with van der Waals surface area (Å²) in [6, 6.07) is 11.1. The minimum Gasteiger partial charge on any atom is -0.482 e. The molecule has 0 aromatic heterocycles. The number of anilines is 1. The molecule has 1 N–H and O–H groups in total. The van der Waals surface area contributed by atoms with Crippen LogP contribution in [0.15, 0.2) is 42.5 Å². The average molecular weight is 379 g/mol. The lowest BCUT2D eigenvalue weighted by atomic mass is 10.1. The average Bonchev–Trinajstić information content (AvgIpc) is 2.61. The third-order valence-electron chi connectivity index (χ3n) is 3.72. The molecule has 2 aromatic carbocycles. The van der Waals surface area contributed by atoms with Crippen molar-refractivity contribution in [2.75, 3.05) is 25.5 Å². The van der Waals surface area contributed by atoms with Crippen LogP contribution in [0.2, 0.25) is 5.02 Å². The Hall–Kier alpha value is -2.60. The second-order valence-electron chi connectivity index (χ2n) is 5.67. The molecule has 2 amide bonds. The molecule has 0 saturated heterocycles. The van der Waals surface area contributed by atoms with Crippen LogP contribution in [0.5, 0.6) is 5.75 Å². The summed E-state index contributed by atoms with van der Waals surface area (Å²) in [6.45, 7) is 1.58. The molecule has 0 aliphatic rings. The van der Waals surface area contributed by atoms with Crippen LogP contribution in [-0.2, 0) is 16.0 Å². The van der Waals surface area contributed by atoms with E-state index in [2.05, 4.69) is 5.32 Å². The standard InChI is InChI=1S/C19H20ClFN2O3/c1-3-13-6-4-5-7-16(13)22-18(24)11-23(2)19(25)12-26-17-9-8-14(21)10-15(17)20/h4-10H,3,11-12H2,1-2H3,(H,22,24). The lowest BCUT2D eigenvalue weighted by Gasteiger charge is -2.18. The van der Waals surface area contributed by atoms with E-state index in [1.54, 1.807) is 0 Å². The summed E-state index contributed by atoms with van der Waals surface area (Å²) < 4.78 is 18.3. The highest BCUT2D eigenvalue weighted by atomic mass is 35.5. The number of para-hydroxylation sites is 1. The van der Waals surface area contributed by atoms with Crippen molar-refractivity contribution in [3.8, 4) is 5.75 Å². The maximum absolute atomic E-state index is 13.0. The van der Waals surface area contributed by atoms with Gasteiger partial charge in [0, 0.05) is 12.7 Å². The molecule has 0 bridgehead atoms. The van der Waals surface area contributed by atoms with E-state index < -0.39 is 11.7 Å². The number of benzene rings is 2. The van der Waals surface area contributed by atoms with Crippen molar-refractivity contribution < 1.29 is 18.7 Å². The van der Waals surface area contributed by atoms with Crippen molar-refractivity contribution in [3.05, 3.63) is 58.9 Å². The normalized spacial score (nSPS) is 10.3. The maximum atomic E-state index is 13.0. The Kier molecular flexibility index (Phi) is 6.97. The minimum atomic E-state index is -0.491. The number of carbonyl (C=O) groups excluding carboxylic acids is 2. The zero-order chi connectivity index (χ0) is 19.1. The Bertz CT molecular complexity index is 798. The molecule has 138 valence electrons. The molecular weight excluding hydrogens is 359 g/mol. The SMILES string of the molecule is CCc1ccccc1NC(=O)CN(C)C(=O)COc1ccc(F)cc1Cl. The highest BCUT2D eigenvalue weighted by Crippen LogP contribution is 2.24. The zero-order valence-electron chi connectivity index (χ0n) is 14.6. The van der Waals surface area contributed by atoms with Gasteiger partial charge in [0.25, 0.3) is 5.91 Å². The number of nitrogens with one attached hydrogen (secondary N) is 1. The van der Waals surface area contributed by atoms with Crippen LogP contribution in [0.4, 0.5) is 10.1 Å². The molecule has 0 aliphatic carbocycles. The quantitative estimate of drug-likeness (QED) is 0.802. The van der Waals surface area contributed by atoms with Crippen molar-refractivity contribution >= 4 is 29.1 Å². The highest BCUT2D eigenvalue weighted by Gasteiger charge is 2.15. The molecule has 0 spiro atoms. The Morgan fingerprint density at radius 3 is 2.65 bits per heavy atom. The number of hydrogen-bond acceptors (Lipinski definition) is 3. The van der Waals surface area contributed by atoms with E-state index in [1.807, 2.05) is 31.2 Å². The number of nitrogens with zero attached hydrogens (tertiary/aromatic N) is 1. The first-order valence-electron chi connectivity index (χ1n) is 8.10. The summed E-state index contributed by atoms with van der Waals surface area (Å²) in [4.78, 5) is 25.5. The topological polar surface area (TPSA) is 58.6 Å². The first-order valence-corrected chi connectivity index (χ1v) is 8.48. The Labute approximate surface area is 156 Å². The van der Waals surface area contributed by atoms with E-state index in [-0.39, 0.29) is 29.8 Å². The summed E-state index contributed by atoms with van der Waals surface area (Å²) in [5.41, 5.74) is 1.75. The van der Waals surface area contributed by atoms with E-state index in [9.17, 15) is 14.0 Å². The summed E-state index contributed by atoms with van der Waals surface area (Å²) in [6.07, 6.45) is 0.789. The molecule has 2 aromatic rings. The Morgan fingerprint density at radius 1 is 1.23 bits per heavy atom. The molecule has 0 unspecified atom stereocenters. The van der Waals surface area contributed by atoms with E-state index in [1.165, 1.54) is 24.1 Å². The predicted octanol–water partition coefficient (Wildman–Crippen LogP) is 3.52. The van der Waals surface area contributed by atoms with E-state index in [0.717, 1.165) is 23.7 Å². The Morgan fingerprint density at radius 2 is 1.96 bits per heavy atom. The fraction of sp³-hybridized carbons (Fsp3) is 0.263. The van der Waals surface area contributed by atoms with Gasteiger partial charge in [0.05, 0.1) is 11.6 Å². The number of halogens is 2. The summed E-state index contributed by atoms with van der Waals surface area (Å²) in [7, 11) is 1.50. The maximum Gasteiger partial charge on any atom is 0.260 e. The van der Waals surface area contributed by atoms with Gasteiger partial charge in [-0.05, 0) is 36.2 Å². The summed E-state index contributed by atoms with van der Waals surface area (Å²) in [5, 5.41) is 2.88. The molecular formula is C19H20ClFN2O3. The number of hydrogen-bond donors (Lipinski definition) is 1. The van der Waals surface area contributed by atoms with E-state index >= 15 is 0 Å². The number of aryl methyl sites for hydroxylation is 1. The molecule has 0 aliphatic heterocycles. The van der Waals surface area contributed by atoms with Crippen LogP contribution in [-0.4, -0.2) is 36.9 Å². The van der Waals surface area contributed by atoms with Gasteiger partial charge < -0.3 is 15.0 Å². The molecule has 7 heteroatoms. The molecule has 0 saturated carbocycles. The van der Waals surface area contributed by atoms with Gasteiger partial charge in [-0.3, -0.25) is 9.59 Å². The minimum absolute atomic E-state index is 0.0781. The van der Waals surface area contributed by atoms with Crippen LogP contribution in [0.1, 0.15) is 12.5 Å². The van der Waals surface area contributed by atoms with Gasteiger partial charge >= 0.3 is 0 Å². The predicted molar refractivity (Wildman–Crippen MR) is 99.0 cm³/mol. The van der Waals surface area contributed by atoms with Crippen LogP contribution < -0.4 is 10.1 Å². The second kappa shape index (κ2) is 9.20. The molecule has 5 nitrogen and oxygen atoms in total. The first-order chi connectivity index (χ1) is 12.4. The molecule has 0 radical (unpaired) electrons. The van der Waals surface area contributed by atoms with Gasteiger partial charge in [-0.2, -0.15) is 0 Å². The number of ether oxygens (including phenoxy) is 1. The van der Waals surface area contributed by atoms with Gasteiger partial charge in [0.2, 0.25) is 5.91 Å². The van der Waals surface area contributed by atoms with E-state index in [4.69, 9.17) is 16.3 Å². The lowest BCUT2D eigenvalue weighted by Crippen LogP contribution is -2.37. The van der Waals surface area contributed by atoms with Crippen molar-refractivity contribution in [2.45, 2.75) is 13.3 Å². The monoisotopic (exact) mass is 378 g/mol. The zero-order valence-corrected chi connectivity index (χ0v) is 15.3. The molecule has 0 heterocycles. The van der Waals surface area contributed by atoms with Gasteiger partial charge in [0.1, 0.15) is 11.6 Å². The van der Waals surface area contributed by atoms with Crippen LogP contribution >= 0.6 is 11.6 Å². The van der Waals surface area contributed by atoms with Gasteiger partial charge in [0.15, 0.2) is 6.61 Å². The van der Waals surface area contributed by atoms with E-state index in [0.29, 0.717) is 0 Å². The third-order valence-corrected chi connectivity index (χ3v) is 4.02. The molecule has 0 atom stereocenters. The van der Waals surface area contributed by atoms with Crippen molar-refractivity contribution in [3.63, 3.8) is 0 Å². The molecule has 2 rings (SSSR count). The number of rotatable bonds is 7. The van der Waals surface area contributed by atoms with Gasteiger partial charge in [-0.15, -0.1) is 0 Å². The number of carbonyl (C=O) groups is 2. The molecule has 26 heavy (non-hydrogen) atoms. The number of amides is 2. The smallest absolute Gasteiger partial charge is 0.260 e. The summed E-state index contributed by atoms with van der Waals surface area (Å²) in [5.74, 6) is -0.989. The van der Waals surface area contributed by atoms with Crippen LogP contribution in [0, 0.1) is 5.82 Å². The first kappa shape index (κ1) is 19.7. The largest absolute Gasteiger partial charge is 0.482 e. The van der Waals surface area contributed by atoms with Crippen LogP contribution in [0.25, 0.3) is 0 Å². The Balaban J connectivity index is 1.87. The highest BCUT2D eigenvalue weighted by molar-refractivity contribution is 6.32. The van der Waals surface area contributed by atoms with Gasteiger partial charge in [-0.25, -0.2) is 4.39 Å². The fourth-order valence-corrected chi connectivity index (χ4v) is 2.51. The van der Waals surface area contributed by atoms with Crippen molar-refractivity contribution in [2.24, 2.45) is 0 Å².